The number of ether oxygens (including phenoxy) is 1. The lowest BCUT2D eigenvalue weighted by atomic mass is 9.95. The molecule has 1 aromatic carbocycles. The van der Waals surface area contributed by atoms with Gasteiger partial charge in [0.15, 0.2) is 0 Å². The second-order valence-electron chi connectivity index (χ2n) is 5.70. The Morgan fingerprint density at radius 2 is 1.58 bits per heavy atom. The van der Waals surface area contributed by atoms with Crippen molar-refractivity contribution in [3.8, 4) is 5.75 Å². The van der Waals surface area contributed by atoms with Gasteiger partial charge in [0.1, 0.15) is 5.75 Å². The summed E-state index contributed by atoms with van der Waals surface area (Å²) >= 11 is 0. The Balaban J connectivity index is 1.88. The summed E-state index contributed by atoms with van der Waals surface area (Å²) < 4.78 is 5.21. The van der Waals surface area contributed by atoms with Crippen LogP contribution in [0.5, 0.6) is 5.75 Å². The van der Waals surface area contributed by atoms with Gasteiger partial charge < -0.3 is 10.1 Å². The highest BCUT2D eigenvalue weighted by Crippen LogP contribution is 2.22. The van der Waals surface area contributed by atoms with E-state index in [1.807, 2.05) is 12.1 Å². The van der Waals surface area contributed by atoms with Crippen molar-refractivity contribution in [1.82, 2.24) is 5.32 Å². The lowest BCUT2D eigenvalue weighted by Crippen LogP contribution is -2.32. The Kier molecular flexibility index (Phi) is 5.71. The Morgan fingerprint density at radius 3 is 2.16 bits per heavy atom. The number of hydrogen-bond acceptors (Lipinski definition) is 2. The third-order valence-corrected chi connectivity index (χ3v) is 4.21. The molecule has 0 amide bonds. The van der Waals surface area contributed by atoms with Crippen molar-refractivity contribution < 1.29 is 4.74 Å². The molecule has 1 aliphatic rings. The molecule has 0 aromatic heterocycles. The van der Waals surface area contributed by atoms with Gasteiger partial charge in [0.2, 0.25) is 0 Å². The molecule has 0 heterocycles. The molecule has 1 fully saturated rings. The Hall–Kier alpha value is -1.02. The highest BCUT2D eigenvalue weighted by atomic mass is 16.5. The predicted molar refractivity (Wildman–Crippen MR) is 80.7 cm³/mol. The molecule has 0 saturated heterocycles. The lowest BCUT2D eigenvalue weighted by Gasteiger charge is -2.25. The van der Waals surface area contributed by atoms with Crippen LogP contribution in [-0.2, 0) is 0 Å². The molecule has 2 nitrogen and oxygen atoms in total. The van der Waals surface area contributed by atoms with E-state index in [1.54, 1.807) is 7.11 Å². The van der Waals surface area contributed by atoms with Crippen LogP contribution < -0.4 is 10.1 Å². The molecule has 0 unspecified atom stereocenters. The van der Waals surface area contributed by atoms with E-state index in [9.17, 15) is 0 Å². The van der Waals surface area contributed by atoms with Crippen molar-refractivity contribution >= 4 is 0 Å². The summed E-state index contributed by atoms with van der Waals surface area (Å²) in [6.45, 7) is 2.26. The molecule has 0 bridgehead atoms. The van der Waals surface area contributed by atoms with Crippen LogP contribution in [0.1, 0.15) is 63.5 Å². The van der Waals surface area contributed by atoms with Gasteiger partial charge in [-0.2, -0.15) is 0 Å². The fraction of sp³-hybridized carbons (Fsp3) is 0.647. The molecule has 1 aliphatic carbocycles. The zero-order valence-corrected chi connectivity index (χ0v) is 12.3. The first-order valence-corrected chi connectivity index (χ1v) is 7.69. The van der Waals surface area contributed by atoms with Crippen molar-refractivity contribution in [1.29, 1.82) is 0 Å². The Labute approximate surface area is 117 Å². The van der Waals surface area contributed by atoms with Crippen LogP contribution in [0.2, 0.25) is 0 Å². The topological polar surface area (TPSA) is 21.3 Å². The largest absolute Gasteiger partial charge is 0.497 e. The lowest BCUT2D eigenvalue weighted by molar-refractivity contribution is 0.362. The van der Waals surface area contributed by atoms with Gasteiger partial charge in [-0.25, -0.2) is 0 Å². The number of benzene rings is 1. The van der Waals surface area contributed by atoms with Crippen LogP contribution in [-0.4, -0.2) is 13.2 Å². The van der Waals surface area contributed by atoms with E-state index in [0.29, 0.717) is 12.1 Å². The molecule has 1 N–H and O–H groups in total. The SMILES string of the molecule is COc1ccc([C@H](C)NC2CCCCCCC2)cc1. The maximum absolute atomic E-state index is 5.21. The molecule has 2 rings (SSSR count). The average Bonchev–Trinajstić information content (AvgIpc) is 2.41. The second kappa shape index (κ2) is 7.54. The molecule has 1 aromatic rings. The fourth-order valence-electron chi connectivity index (χ4n) is 2.97. The van der Waals surface area contributed by atoms with E-state index < -0.39 is 0 Å². The van der Waals surface area contributed by atoms with Gasteiger partial charge in [0, 0.05) is 12.1 Å². The highest BCUT2D eigenvalue weighted by molar-refractivity contribution is 5.28. The minimum atomic E-state index is 0.426. The molecule has 0 aliphatic heterocycles. The minimum Gasteiger partial charge on any atom is -0.497 e. The van der Waals surface area contributed by atoms with Gasteiger partial charge in [0.25, 0.3) is 0 Å². The number of hydrogen-bond donors (Lipinski definition) is 1. The van der Waals surface area contributed by atoms with Gasteiger partial charge in [0.05, 0.1) is 7.11 Å². The number of methoxy groups -OCH3 is 1. The second-order valence-corrected chi connectivity index (χ2v) is 5.70. The number of nitrogens with one attached hydrogen (secondary N) is 1. The summed E-state index contributed by atoms with van der Waals surface area (Å²) in [6, 6.07) is 9.54. The maximum Gasteiger partial charge on any atom is 0.118 e. The van der Waals surface area contributed by atoms with Crippen molar-refractivity contribution in [2.75, 3.05) is 7.11 Å². The predicted octanol–water partition coefficient (Wildman–Crippen LogP) is 4.46. The highest BCUT2D eigenvalue weighted by Gasteiger charge is 2.14. The molecule has 106 valence electrons. The van der Waals surface area contributed by atoms with Gasteiger partial charge in [-0.1, -0.05) is 44.2 Å². The first-order chi connectivity index (χ1) is 9.29. The summed E-state index contributed by atoms with van der Waals surface area (Å²) in [5, 5.41) is 3.80. The normalized spacial score (nSPS) is 19.5. The zero-order chi connectivity index (χ0) is 13.5. The van der Waals surface area contributed by atoms with Crippen LogP contribution in [0.4, 0.5) is 0 Å². The van der Waals surface area contributed by atoms with Crippen molar-refractivity contribution in [3.63, 3.8) is 0 Å². The van der Waals surface area contributed by atoms with E-state index in [-0.39, 0.29) is 0 Å². The van der Waals surface area contributed by atoms with Gasteiger partial charge in [-0.05, 0) is 37.5 Å². The van der Waals surface area contributed by atoms with E-state index in [1.165, 1.54) is 50.5 Å². The van der Waals surface area contributed by atoms with Gasteiger partial charge in [-0.15, -0.1) is 0 Å². The first kappa shape index (κ1) is 14.4. The number of rotatable bonds is 4. The van der Waals surface area contributed by atoms with Crippen LogP contribution in [0.15, 0.2) is 24.3 Å². The molecule has 0 radical (unpaired) electrons. The standard InChI is InChI=1S/C17H27NO/c1-14(15-10-12-17(19-2)13-11-15)18-16-8-6-4-3-5-7-9-16/h10-14,16,18H,3-9H2,1-2H3/t14-/m0/s1. The van der Waals surface area contributed by atoms with Crippen LogP contribution in [0.25, 0.3) is 0 Å². The summed E-state index contributed by atoms with van der Waals surface area (Å²) in [5.74, 6) is 0.932. The maximum atomic E-state index is 5.21. The Bertz CT molecular complexity index is 352. The molecular weight excluding hydrogens is 234 g/mol. The van der Waals surface area contributed by atoms with Crippen molar-refractivity contribution in [2.45, 2.75) is 64.0 Å². The molecular formula is C17H27NO. The zero-order valence-electron chi connectivity index (χ0n) is 12.3. The first-order valence-electron chi connectivity index (χ1n) is 7.69. The summed E-state index contributed by atoms with van der Waals surface area (Å²) in [4.78, 5) is 0. The summed E-state index contributed by atoms with van der Waals surface area (Å²) in [6.07, 6.45) is 9.69. The van der Waals surface area contributed by atoms with E-state index in [4.69, 9.17) is 4.74 Å². The quantitative estimate of drug-likeness (QED) is 0.864. The molecule has 2 heteroatoms. The van der Waals surface area contributed by atoms with Crippen LogP contribution in [0, 0.1) is 0 Å². The van der Waals surface area contributed by atoms with E-state index in [2.05, 4.69) is 24.4 Å². The van der Waals surface area contributed by atoms with E-state index in [0.717, 1.165) is 5.75 Å². The van der Waals surface area contributed by atoms with Crippen LogP contribution in [0.3, 0.4) is 0 Å². The Morgan fingerprint density at radius 1 is 1.00 bits per heavy atom. The third kappa shape index (κ3) is 4.54. The van der Waals surface area contributed by atoms with Gasteiger partial charge in [-0.3, -0.25) is 0 Å². The van der Waals surface area contributed by atoms with Crippen molar-refractivity contribution in [3.05, 3.63) is 29.8 Å². The minimum absolute atomic E-state index is 0.426. The third-order valence-electron chi connectivity index (χ3n) is 4.21. The van der Waals surface area contributed by atoms with E-state index >= 15 is 0 Å². The van der Waals surface area contributed by atoms with Crippen molar-refractivity contribution in [2.24, 2.45) is 0 Å². The van der Waals surface area contributed by atoms with Crippen LogP contribution >= 0.6 is 0 Å². The molecule has 1 saturated carbocycles. The molecule has 1 atom stereocenters. The smallest absolute Gasteiger partial charge is 0.118 e. The summed E-state index contributed by atoms with van der Waals surface area (Å²) in [5.41, 5.74) is 1.35. The summed E-state index contributed by atoms with van der Waals surface area (Å²) in [7, 11) is 1.71. The van der Waals surface area contributed by atoms with Gasteiger partial charge >= 0.3 is 0 Å². The molecule has 0 spiro atoms. The molecule has 19 heavy (non-hydrogen) atoms. The average molecular weight is 261 g/mol. The fourth-order valence-corrected chi connectivity index (χ4v) is 2.97. The monoisotopic (exact) mass is 261 g/mol.